The van der Waals surface area contributed by atoms with Crippen LogP contribution in [0.1, 0.15) is 29.3 Å². The van der Waals surface area contributed by atoms with Crippen LogP contribution >= 0.6 is 0 Å². The van der Waals surface area contributed by atoms with Gasteiger partial charge in [0.15, 0.2) is 0 Å². The summed E-state index contributed by atoms with van der Waals surface area (Å²) in [7, 11) is 0. The molecule has 1 unspecified atom stereocenters. The number of aliphatic hydroxyl groups excluding tert-OH is 1. The van der Waals surface area contributed by atoms with Crippen LogP contribution in [0.2, 0.25) is 0 Å². The molecule has 3 rings (SSSR count). The molecule has 2 aromatic carbocycles. The fourth-order valence-electron chi connectivity index (χ4n) is 2.41. The fourth-order valence-corrected chi connectivity index (χ4v) is 2.41. The summed E-state index contributed by atoms with van der Waals surface area (Å²) in [5.41, 5.74) is 3.02. The van der Waals surface area contributed by atoms with Gasteiger partial charge in [-0.25, -0.2) is 4.68 Å². The van der Waals surface area contributed by atoms with Gasteiger partial charge >= 0.3 is 0 Å². The average Bonchev–Trinajstić information content (AvgIpc) is 3.03. The number of benzene rings is 2. The lowest BCUT2D eigenvalue weighted by Crippen LogP contribution is -2.01. The number of aryl methyl sites for hydroxylation is 1. The van der Waals surface area contributed by atoms with Crippen LogP contribution < -0.4 is 0 Å². The van der Waals surface area contributed by atoms with Crippen LogP contribution in [0.5, 0.6) is 0 Å². The lowest BCUT2D eigenvalue weighted by molar-refractivity contribution is 0.163. The minimum absolute atomic E-state index is 0.579. The molecule has 0 radical (unpaired) electrons. The summed E-state index contributed by atoms with van der Waals surface area (Å²) in [6.45, 7) is 0.666. The zero-order valence-corrected chi connectivity index (χ0v) is 12.3. The molecule has 0 amide bonds. The summed E-state index contributed by atoms with van der Waals surface area (Å²) in [6, 6.07) is 20.2. The SMILES string of the molecule is OC(CCc1ccccc1)c1cn(Cc2ccccc2)nn1. The second-order valence-electron chi connectivity index (χ2n) is 5.37. The van der Waals surface area contributed by atoms with Gasteiger partial charge in [-0.3, -0.25) is 0 Å². The first-order chi connectivity index (χ1) is 10.8. The third kappa shape index (κ3) is 3.80. The molecule has 0 aliphatic carbocycles. The Hall–Kier alpha value is -2.46. The van der Waals surface area contributed by atoms with E-state index >= 15 is 0 Å². The van der Waals surface area contributed by atoms with Crippen LogP contribution in [0.15, 0.2) is 66.9 Å². The summed E-state index contributed by atoms with van der Waals surface area (Å²) >= 11 is 0. The Morgan fingerprint density at radius 1 is 0.909 bits per heavy atom. The quantitative estimate of drug-likeness (QED) is 0.760. The van der Waals surface area contributed by atoms with E-state index in [4.69, 9.17) is 0 Å². The van der Waals surface area contributed by atoms with Gasteiger partial charge in [-0.15, -0.1) is 5.10 Å². The minimum atomic E-state index is -0.579. The van der Waals surface area contributed by atoms with Gasteiger partial charge in [0.25, 0.3) is 0 Å². The molecule has 112 valence electrons. The largest absolute Gasteiger partial charge is 0.387 e. The number of hydrogen-bond donors (Lipinski definition) is 1. The van der Waals surface area contributed by atoms with Crippen LogP contribution in [-0.4, -0.2) is 20.1 Å². The van der Waals surface area contributed by atoms with Gasteiger partial charge in [-0.05, 0) is 24.0 Å². The second-order valence-corrected chi connectivity index (χ2v) is 5.37. The standard InChI is InChI=1S/C18H19N3O/c22-18(12-11-15-7-3-1-4-8-15)17-14-21(20-19-17)13-16-9-5-2-6-10-16/h1-10,14,18,22H,11-13H2. The van der Waals surface area contributed by atoms with Crippen molar-refractivity contribution in [2.24, 2.45) is 0 Å². The molecule has 0 saturated carbocycles. The maximum Gasteiger partial charge on any atom is 0.111 e. The number of aliphatic hydroxyl groups is 1. The first-order valence-corrected chi connectivity index (χ1v) is 7.47. The maximum absolute atomic E-state index is 10.2. The van der Waals surface area contributed by atoms with E-state index in [1.807, 2.05) is 54.7 Å². The Morgan fingerprint density at radius 2 is 1.55 bits per heavy atom. The first-order valence-electron chi connectivity index (χ1n) is 7.47. The van der Waals surface area contributed by atoms with Crippen molar-refractivity contribution in [2.45, 2.75) is 25.5 Å². The monoisotopic (exact) mass is 293 g/mol. The average molecular weight is 293 g/mol. The lowest BCUT2D eigenvalue weighted by Gasteiger charge is -2.06. The third-order valence-electron chi connectivity index (χ3n) is 3.63. The predicted octanol–water partition coefficient (Wildman–Crippen LogP) is 2.99. The predicted molar refractivity (Wildman–Crippen MR) is 85.3 cm³/mol. The Labute approximate surface area is 130 Å². The summed E-state index contributed by atoms with van der Waals surface area (Å²) in [5, 5.41) is 18.4. The van der Waals surface area contributed by atoms with Crippen molar-refractivity contribution in [3.63, 3.8) is 0 Å². The summed E-state index contributed by atoms with van der Waals surface area (Å²) in [4.78, 5) is 0. The van der Waals surface area contributed by atoms with Gasteiger partial charge in [-0.1, -0.05) is 65.9 Å². The van der Waals surface area contributed by atoms with Crippen molar-refractivity contribution < 1.29 is 5.11 Å². The molecule has 1 N–H and O–H groups in total. The molecule has 0 aliphatic rings. The van der Waals surface area contributed by atoms with E-state index in [2.05, 4.69) is 22.4 Å². The van der Waals surface area contributed by atoms with Crippen LogP contribution in [0, 0.1) is 0 Å². The van der Waals surface area contributed by atoms with Crippen molar-refractivity contribution in [1.29, 1.82) is 0 Å². The molecule has 4 heteroatoms. The van der Waals surface area contributed by atoms with Crippen molar-refractivity contribution in [1.82, 2.24) is 15.0 Å². The Bertz CT molecular complexity index is 695. The van der Waals surface area contributed by atoms with Crippen molar-refractivity contribution >= 4 is 0 Å². The van der Waals surface area contributed by atoms with Crippen molar-refractivity contribution in [3.8, 4) is 0 Å². The van der Waals surface area contributed by atoms with Gasteiger partial charge in [0.2, 0.25) is 0 Å². The molecule has 22 heavy (non-hydrogen) atoms. The highest BCUT2D eigenvalue weighted by atomic mass is 16.3. The summed E-state index contributed by atoms with van der Waals surface area (Å²) in [6.07, 6.45) is 2.72. The topological polar surface area (TPSA) is 50.9 Å². The van der Waals surface area contributed by atoms with Gasteiger partial charge in [0, 0.05) is 0 Å². The van der Waals surface area contributed by atoms with Crippen LogP contribution in [0.3, 0.4) is 0 Å². The Morgan fingerprint density at radius 3 is 2.23 bits per heavy atom. The molecule has 0 aliphatic heterocycles. The van der Waals surface area contributed by atoms with Crippen LogP contribution in [-0.2, 0) is 13.0 Å². The highest BCUT2D eigenvalue weighted by Crippen LogP contribution is 2.17. The molecular formula is C18H19N3O. The fraction of sp³-hybridized carbons (Fsp3) is 0.222. The zero-order valence-electron chi connectivity index (χ0n) is 12.3. The van der Waals surface area contributed by atoms with Crippen molar-refractivity contribution in [3.05, 3.63) is 83.7 Å². The molecule has 0 fully saturated rings. The summed E-state index contributed by atoms with van der Waals surface area (Å²) in [5.74, 6) is 0. The molecule has 0 spiro atoms. The number of aromatic nitrogens is 3. The van der Waals surface area contributed by atoms with E-state index in [-0.39, 0.29) is 0 Å². The molecule has 1 aromatic heterocycles. The highest BCUT2D eigenvalue weighted by molar-refractivity contribution is 5.16. The number of nitrogens with zero attached hydrogens (tertiary/aromatic N) is 3. The molecule has 1 heterocycles. The van der Waals surface area contributed by atoms with Gasteiger partial charge in [0.1, 0.15) is 5.69 Å². The van der Waals surface area contributed by atoms with E-state index in [1.165, 1.54) is 5.56 Å². The van der Waals surface area contributed by atoms with Gasteiger partial charge < -0.3 is 5.11 Å². The molecule has 4 nitrogen and oxygen atoms in total. The second kappa shape index (κ2) is 7.00. The molecule has 0 bridgehead atoms. The smallest absolute Gasteiger partial charge is 0.111 e. The van der Waals surface area contributed by atoms with Crippen LogP contribution in [0.25, 0.3) is 0 Å². The van der Waals surface area contributed by atoms with E-state index in [0.717, 1.165) is 12.0 Å². The maximum atomic E-state index is 10.2. The summed E-state index contributed by atoms with van der Waals surface area (Å²) < 4.78 is 1.76. The van der Waals surface area contributed by atoms with Gasteiger partial charge in [-0.2, -0.15) is 0 Å². The Balaban J connectivity index is 1.58. The first kappa shape index (κ1) is 14.5. The van der Waals surface area contributed by atoms with E-state index < -0.39 is 6.10 Å². The van der Waals surface area contributed by atoms with Gasteiger partial charge in [0.05, 0.1) is 18.8 Å². The molecule has 3 aromatic rings. The number of rotatable bonds is 6. The Kier molecular flexibility index (Phi) is 4.61. The lowest BCUT2D eigenvalue weighted by atomic mass is 10.1. The van der Waals surface area contributed by atoms with E-state index in [1.54, 1.807) is 4.68 Å². The van der Waals surface area contributed by atoms with E-state index in [9.17, 15) is 5.11 Å². The normalized spacial score (nSPS) is 12.2. The van der Waals surface area contributed by atoms with Crippen molar-refractivity contribution in [2.75, 3.05) is 0 Å². The zero-order chi connectivity index (χ0) is 15.2. The minimum Gasteiger partial charge on any atom is -0.387 e. The molecular weight excluding hydrogens is 274 g/mol. The van der Waals surface area contributed by atoms with E-state index in [0.29, 0.717) is 18.7 Å². The molecule has 0 saturated heterocycles. The molecule has 1 atom stereocenters. The van der Waals surface area contributed by atoms with Crippen LogP contribution in [0.4, 0.5) is 0 Å². The number of hydrogen-bond acceptors (Lipinski definition) is 3. The highest BCUT2D eigenvalue weighted by Gasteiger charge is 2.12. The third-order valence-corrected chi connectivity index (χ3v) is 3.63.